The lowest BCUT2D eigenvalue weighted by atomic mass is 10.1. The largest absolute Gasteiger partial charge is 0.370 e. The van der Waals surface area contributed by atoms with Crippen LogP contribution in [0.25, 0.3) is 0 Å². The predicted octanol–water partition coefficient (Wildman–Crippen LogP) is 2.99. The molecule has 1 saturated heterocycles. The van der Waals surface area contributed by atoms with Crippen LogP contribution in [-0.2, 0) is 16.6 Å². The standard InChI is InChI=1S/C20H32N4O2S/c21-20(23-18-11-4-1-2-5-12-18)22-16-17-10-6-7-13-19(17)27(25,26)24-14-8-3-9-15-24/h6-7,10,13,18H,1-5,8-9,11-12,14-16H2,(H3,21,22,23). The van der Waals surface area contributed by atoms with Crippen molar-refractivity contribution in [3.05, 3.63) is 29.8 Å². The molecule has 1 aliphatic heterocycles. The van der Waals surface area contributed by atoms with Crippen LogP contribution in [-0.4, -0.2) is 37.8 Å². The number of hydrogen-bond acceptors (Lipinski definition) is 3. The van der Waals surface area contributed by atoms with Crippen LogP contribution in [0.5, 0.6) is 0 Å². The SMILES string of the molecule is NC(=NCc1ccccc1S(=O)(=O)N1CCCCC1)NC1CCCCCC1. The highest BCUT2D eigenvalue weighted by molar-refractivity contribution is 7.89. The van der Waals surface area contributed by atoms with Gasteiger partial charge in [0, 0.05) is 19.1 Å². The van der Waals surface area contributed by atoms with Gasteiger partial charge in [0.25, 0.3) is 0 Å². The average Bonchev–Trinajstić information content (AvgIpc) is 2.96. The second-order valence-corrected chi connectivity index (χ2v) is 9.51. The van der Waals surface area contributed by atoms with E-state index in [2.05, 4.69) is 10.3 Å². The van der Waals surface area contributed by atoms with Crippen LogP contribution in [0.2, 0.25) is 0 Å². The van der Waals surface area contributed by atoms with Gasteiger partial charge >= 0.3 is 0 Å². The molecule has 7 heteroatoms. The third-order valence-corrected chi connectivity index (χ3v) is 7.53. The topological polar surface area (TPSA) is 87.8 Å². The second-order valence-electron chi connectivity index (χ2n) is 7.61. The monoisotopic (exact) mass is 392 g/mol. The van der Waals surface area contributed by atoms with Crippen molar-refractivity contribution in [2.75, 3.05) is 13.1 Å². The number of nitrogens with zero attached hydrogens (tertiary/aromatic N) is 2. The molecular weight excluding hydrogens is 360 g/mol. The van der Waals surface area contributed by atoms with Gasteiger partial charge in [-0.25, -0.2) is 13.4 Å². The summed E-state index contributed by atoms with van der Waals surface area (Å²) >= 11 is 0. The number of piperidine rings is 1. The summed E-state index contributed by atoms with van der Waals surface area (Å²) in [4.78, 5) is 4.80. The van der Waals surface area contributed by atoms with Crippen molar-refractivity contribution in [1.82, 2.24) is 9.62 Å². The summed E-state index contributed by atoms with van der Waals surface area (Å²) in [5, 5.41) is 3.32. The number of nitrogens with one attached hydrogen (secondary N) is 1. The normalized spacial score (nSPS) is 21.0. The number of guanidine groups is 1. The van der Waals surface area contributed by atoms with E-state index in [0.29, 0.717) is 35.5 Å². The Kier molecular flexibility index (Phi) is 7.13. The molecule has 6 nitrogen and oxygen atoms in total. The zero-order chi connectivity index (χ0) is 19.1. The minimum absolute atomic E-state index is 0.273. The van der Waals surface area contributed by atoms with E-state index in [1.54, 1.807) is 16.4 Å². The minimum Gasteiger partial charge on any atom is -0.370 e. The van der Waals surface area contributed by atoms with Crippen molar-refractivity contribution in [1.29, 1.82) is 0 Å². The van der Waals surface area contributed by atoms with E-state index in [9.17, 15) is 8.42 Å². The van der Waals surface area contributed by atoms with Gasteiger partial charge in [0.2, 0.25) is 10.0 Å². The van der Waals surface area contributed by atoms with Gasteiger partial charge in [-0.1, -0.05) is 50.3 Å². The third-order valence-electron chi connectivity index (χ3n) is 5.53. The van der Waals surface area contributed by atoms with Gasteiger partial charge in [0.1, 0.15) is 0 Å². The van der Waals surface area contributed by atoms with Gasteiger partial charge in [-0.3, -0.25) is 0 Å². The molecule has 1 aliphatic carbocycles. The fourth-order valence-corrected chi connectivity index (χ4v) is 5.71. The molecule has 0 aromatic heterocycles. The molecule has 0 atom stereocenters. The van der Waals surface area contributed by atoms with E-state index in [4.69, 9.17) is 5.73 Å². The number of rotatable bonds is 5. The highest BCUT2D eigenvalue weighted by Gasteiger charge is 2.27. The van der Waals surface area contributed by atoms with Gasteiger partial charge in [-0.2, -0.15) is 4.31 Å². The quantitative estimate of drug-likeness (QED) is 0.458. The number of benzene rings is 1. The maximum Gasteiger partial charge on any atom is 0.243 e. The molecule has 3 rings (SSSR count). The summed E-state index contributed by atoms with van der Waals surface area (Å²) in [6.07, 6.45) is 10.2. The summed E-state index contributed by atoms with van der Waals surface area (Å²) < 4.78 is 27.7. The number of hydrogen-bond donors (Lipinski definition) is 2. The van der Waals surface area contributed by atoms with Crippen molar-refractivity contribution in [3.63, 3.8) is 0 Å². The van der Waals surface area contributed by atoms with Crippen LogP contribution in [0.1, 0.15) is 63.4 Å². The maximum absolute atomic E-state index is 13.0. The predicted molar refractivity (Wildman–Crippen MR) is 109 cm³/mol. The van der Waals surface area contributed by atoms with Crippen LogP contribution < -0.4 is 11.1 Å². The van der Waals surface area contributed by atoms with Gasteiger partial charge in [0.15, 0.2) is 5.96 Å². The zero-order valence-electron chi connectivity index (χ0n) is 16.1. The van der Waals surface area contributed by atoms with Crippen LogP contribution in [0.4, 0.5) is 0 Å². The Morgan fingerprint density at radius 2 is 1.67 bits per heavy atom. The summed E-state index contributed by atoms with van der Waals surface area (Å²) in [5.74, 6) is 0.409. The molecule has 1 saturated carbocycles. The first kappa shape index (κ1) is 20.1. The molecule has 0 bridgehead atoms. The Bertz CT molecular complexity index is 734. The first-order chi connectivity index (χ1) is 13.1. The molecule has 0 radical (unpaired) electrons. The van der Waals surface area contributed by atoms with Crippen molar-refractivity contribution >= 4 is 16.0 Å². The molecule has 2 aliphatic rings. The van der Waals surface area contributed by atoms with Gasteiger partial charge in [0.05, 0.1) is 11.4 Å². The maximum atomic E-state index is 13.0. The Hall–Kier alpha value is -1.60. The van der Waals surface area contributed by atoms with Crippen LogP contribution >= 0.6 is 0 Å². The number of sulfonamides is 1. The van der Waals surface area contributed by atoms with Crippen molar-refractivity contribution < 1.29 is 8.42 Å². The molecular formula is C20H32N4O2S. The molecule has 2 fully saturated rings. The summed E-state index contributed by atoms with van der Waals surface area (Å²) in [5.41, 5.74) is 6.79. The lowest BCUT2D eigenvalue weighted by Crippen LogP contribution is -2.39. The molecule has 0 amide bonds. The Balaban J connectivity index is 1.70. The molecule has 150 valence electrons. The van der Waals surface area contributed by atoms with Gasteiger partial charge < -0.3 is 11.1 Å². The molecule has 1 aromatic rings. The number of nitrogens with two attached hydrogens (primary N) is 1. The first-order valence-electron chi connectivity index (χ1n) is 10.2. The lowest BCUT2D eigenvalue weighted by molar-refractivity contribution is 0.346. The molecule has 0 unspecified atom stereocenters. The summed E-state index contributed by atoms with van der Waals surface area (Å²) in [7, 11) is -3.47. The zero-order valence-corrected chi connectivity index (χ0v) is 16.9. The Morgan fingerprint density at radius 1 is 1.04 bits per heavy atom. The average molecular weight is 393 g/mol. The minimum atomic E-state index is -3.47. The molecule has 27 heavy (non-hydrogen) atoms. The van der Waals surface area contributed by atoms with Gasteiger partial charge in [-0.05, 0) is 37.3 Å². The molecule has 0 spiro atoms. The molecule has 3 N–H and O–H groups in total. The van der Waals surface area contributed by atoms with Crippen LogP contribution in [0, 0.1) is 0 Å². The lowest BCUT2D eigenvalue weighted by Gasteiger charge is -2.26. The first-order valence-corrected chi connectivity index (χ1v) is 11.7. The summed E-state index contributed by atoms with van der Waals surface area (Å²) in [6, 6.07) is 7.53. The fourth-order valence-electron chi connectivity index (χ4n) is 3.98. The van der Waals surface area contributed by atoms with E-state index >= 15 is 0 Å². The Morgan fingerprint density at radius 3 is 2.37 bits per heavy atom. The van der Waals surface area contributed by atoms with E-state index in [-0.39, 0.29) is 6.54 Å². The molecule has 1 aromatic carbocycles. The third kappa shape index (κ3) is 5.45. The van der Waals surface area contributed by atoms with Crippen LogP contribution in [0.3, 0.4) is 0 Å². The van der Waals surface area contributed by atoms with Crippen LogP contribution in [0.15, 0.2) is 34.2 Å². The molecule has 1 heterocycles. The van der Waals surface area contributed by atoms with E-state index in [1.165, 1.54) is 25.7 Å². The smallest absolute Gasteiger partial charge is 0.243 e. The highest BCUT2D eigenvalue weighted by Crippen LogP contribution is 2.24. The second kappa shape index (κ2) is 9.55. The van der Waals surface area contributed by atoms with Crippen molar-refractivity contribution in [3.8, 4) is 0 Å². The Labute approximate surface area is 163 Å². The van der Waals surface area contributed by atoms with Crippen molar-refractivity contribution in [2.24, 2.45) is 10.7 Å². The fraction of sp³-hybridized carbons (Fsp3) is 0.650. The van der Waals surface area contributed by atoms with E-state index in [1.807, 2.05) is 12.1 Å². The summed E-state index contributed by atoms with van der Waals surface area (Å²) in [6.45, 7) is 1.48. The van der Waals surface area contributed by atoms with E-state index in [0.717, 1.165) is 32.1 Å². The van der Waals surface area contributed by atoms with Gasteiger partial charge in [-0.15, -0.1) is 0 Å². The van der Waals surface area contributed by atoms with E-state index < -0.39 is 10.0 Å². The highest BCUT2D eigenvalue weighted by atomic mass is 32.2. The number of aliphatic imine (C=N–C) groups is 1. The van der Waals surface area contributed by atoms with Crippen molar-refractivity contribution in [2.45, 2.75) is 75.3 Å².